The molecule has 29 heavy (non-hydrogen) atoms. The lowest BCUT2D eigenvalue weighted by atomic mass is 10.1. The molecule has 0 N–H and O–H groups in total. The Balaban J connectivity index is 1.62. The molecule has 6 nitrogen and oxygen atoms in total. The quantitative estimate of drug-likeness (QED) is 0.481. The number of aromatic nitrogens is 2. The number of imide groups is 1. The van der Waals surface area contributed by atoms with Gasteiger partial charge in [0.05, 0.1) is 18.3 Å². The smallest absolute Gasteiger partial charge is 0.247 e. The van der Waals surface area contributed by atoms with E-state index < -0.39 is 5.25 Å². The Hall–Kier alpha value is -2.93. The van der Waals surface area contributed by atoms with E-state index >= 15 is 0 Å². The molecule has 7 heteroatoms. The van der Waals surface area contributed by atoms with E-state index in [2.05, 4.69) is 23.0 Å². The summed E-state index contributed by atoms with van der Waals surface area (Å²) in [6.45, 7) is 6.05. The number of thioether (sulfide) groups is 1. The number of hydrogen-bond acceptors (Lipinski definition) is 6. The average Bonchev–Trinajstić information content (AvgIpc) is 2.96. The Bertz CT molecular complexity index is 1150. The number of aryl methyl sites for hydroxylation is 3. The van der Waals surface area contributed by atoms with Crippen LogP contribution in [0.3, 0.4) is 0 Å². The zero-order valence-electron chi connectivity index (χ0n) is 16.7. The first kappa shape index (κ1) is 19.4. The summed E-state index contributed by atoms with van der Waals surface area (Å²) < 4.78 is 5.20. The van der Waals surface area contributed by atoms with Crippen LogP contribution in [0.5, 0.6) is 5.75 Å². The van der Waals surface area contributed by atoms with Crippen molar-refractivity contribution in [2.75, 3.05) is 12.0 Å². The summed E-state index contributed by atoms with van der Waals surface area (Å²) in [6, 6.07) is 11.1. The fourth-order valence-electron chi connectivity index (χ4n) is 3.41. The molecule has 0 bridgehead atoms. The minimum Gasteiger partial charge on any atom is -0.497 e. The van der Waals surface area contributed by atoms with Crippen LogP contribution >= 0.6 is 11.8 Å². The molecular weight excluding hydrogens is 386 g/mol. The fraction of sp³-hybridized carbons (Fsp3) is 0.273. The molecule has 3 aromatic rings. The first-order chi connectivity index (χ1) is 13.9. The van der Waals surface area contributed by atoms with E-state index in [1.54, 1.807) is 31.4 Å². The predicted molar refractivity (Wildman–Crippen MR) is 113 cm³/mol. The number of anilines is 1. The molecule has 1 aliphatic heterocycles. The topological polar surface area (TPSA) is 72.4 Å². The SMILES string of the molecule is COc1cccc(N2C(=O)CC(Sc3nc(C)c4cc(C)c(C)cc4n3)C2=O)c1. The number of fused-ring (bicyclic) bond motifs is 1. The number of carbonyl (C=O) groups excluding carboxylic acids is 2. The van der Waals surface area contributed by atoms with Crippen molar-refractivity contribution < 1.29 is 14.3 Å². The predicted octanol–water partition coefficient (Wildman–Crippen LogP) is 3.99. The third-order valence-electron chi connectivity index (χ3n) is 5.15. The molecule has 148 valence electrons. The van der Waals surface area contributed by atoms with Gasteiger partial charge in [-0.3, -0.25) is 9.59 Å². The molecule has 0 saturated carbocycles. The van der Waals surface area contributed by atoms with Gasteiger partial charge in [-0.05, 0) is 56.2 Å². The molecular formula is C22H21N3O3S. The van der Waals surface area contributed by atoms with Crippen molar-refractivity contribution in [1.29, 1.82) is 0 Å². The van der Waals surface area contributed by atoms with Gasteiger partial charge < -0.3 is 4.74 Å². The van der Waals surface area contributed by atoms with E-state index in [-0.39, 0.29) is 18.2 Å². The lowest BCUT2D eigenvalue weighted by molar-refractivity contribution is -0.121. The van der Waals surface area contributed by atoms with Gasteiger partial charge in [-0.25, -0.2) is 14.9 Å². The Labute approximate surface area is 173 Å². The summed E-state index contributed by atoms with van der Waals surface area (Å²) >= 11 is 1.24. The fourth-order valence-corrected chi connectivity index (χ4v) is 4.44. The standard InChI is InChI=1S/C22H21N3O3S/c1-12-8-17-14(3)23-22(24-18(17)9-13(12)2)29-19-11-20(26)25(21(19)27)15-6-5-7-16(10-15)28-4/h5-10,19H,11H2,1-4H3. The maximum Gasteiger partial charge on any atom is 0.247 e. The molecule has 1 atom stereocenters. The van der Waals surface area contributed by atoms with E-state index in [1.807, 2.05) is 19.9 Å². The summed E-state index contributed by atoms with van der Waals surface area (Å²) in [4.78, 5) is 35.9. The third kappa shape index (κ3) is 3.58. The van der Waals surface area contributed by atoms with Crippen molar-refractivity contribution in [3.63, 3.8) is 0 Å². The molecule has 2 aromatic carbocycles. The zero-order chi connectivity index (χ0) is 20.7. The van der Waals surface area contributed by atoms with E-state index in [0.717, 1.165) is 22.2 Å². The molecule has 2 heterocycles. The Morgan fingerprint density at radius 1 is 1.07 bits per heavy atom. The molecule has 1 unspecified atom stereocenters. The number of amides is 2. The van der Waals surface area contributed by atoms with Crippen LogP contribution in [-0.4, -0.2) is 34.1 Å². The van der Waals surface area contributed by atoms with Crippen LogP contribution < -0.4 is 9.64 Å². The van der Waals surface area contributed by atoms with E-state index in [9.17, 15) is 9.59 Å². The van der Waals surface area contributed by atoms with Gasteiger partial charge in [-0.15, -0.1) is 0 Å². The maximum absolute atomic E-state index is 13.0. The third-order valence-corrected chi connectivity index (χ3v) is 6.19. The monoisotopic (exact) mass is 407 g/mol. The number of hydrogen-bond donors (Lipinski definition) is 0. The summed E-state index contributed by atoms with van der Waals surface area (Å²) in [5.41, 5.74) is 4.58. The molecule has 0 radical (unpaired) electrons. The van der Waals surface area contributed by atoms with Gasteiger partial charge >= 0.3 is 0 Å². The van der Waals surface area contributed by atoms with Crippen LogP contribution in [0.25, 0.3) is 10.9 Å². The molecule has 2 amide bonds. The van der Waals surface area contributed by atoms with Gasteiger partial charge in [0.15, 0.2) is 5.16 Å². The molecule has 1 aliphatic rings. The van der Waals surface area contributed by atoms with Crippen LogP contribution in [0, 0.1) is 20.8 Å². The zero-order valence-corrected chi connectivity index (χ0v) is 17.5. The van der Waals surface area contributed by atoms with Crippen molar-refractivity contribution >= 4 is 40.2 Å². The maximum atomic E-state index is 13.0. The van der Waals surface area contributed by atoms with Gasteiger partial charge in [0.2, 0.25) is 11.8 Å². The summed E-state index contributed by atoms with van der Waals surface area (Å²) in [6.07, 6.45) is 0.119. The summed E-state index contributed by atoms with van der Waals surface area (Å²) in [5.74, 6) is 0.109. The van der Waals surface area contributed by atoms with Crippen LogP contribution in [0.1, 0.15) is 23.2 Å². The van der Waals surface area contributed by atoms with Crippen molar-refractivity contribution in [2.45, 2.75) is 37.6 Å². The second kappa shape index (κ2) is 7.48. The Kier molecular flexibility index (Phi) is 5.00. The first-order valence-corrected chi connectivity index (χ1v) is 10.2. The summed E-state index contributed by atoms with van der Waals surface area (Å²) in [5, 5.41) is 0.971. The second-order valence-corrected chi connectivity index (χ2v) is 8.29. The highest BCUT2D eigenvalue weighted by Crippen LogP contribution is 2.34. The normalized spacial score (nSPS) is 16.7. The number of carbonyl (C=O) groups is 2. The highest BCUT2D eigenvalue weighted by atomic mass is 32.2. The van der Waals surface area contributed by atoms with Crippen molar-refractivity contribution in [3.8, 4) is 5.75 Å². The Morgan fingerprint density at radius 3 is 2.59 bits per heavy atom. The highest BCUT2D eigenvalue weighted by molar-refractivity contribution is 8.00. The minimum absolute atomic E-state index is 0.119. The highest BCUT2D eigenvalue weighted by Gasteiger charge is 2.40. The lowest BCUT2D eigenvalue weighted by Gasteiger charge is -2.15. The van der Waals surface area contributed by atoms with E-state index in [0.29, 0.717) is 16.6 Å². The Morgan fingerprint density at radius 2 is 1.83 bits per heavy atom. The van der Waals surface area contributed by atoms with E-state index in [4.69, 9.17) is 4.74 Å². The van der Waals surface area contributed by atoms with Gasteiger partial charge in [-0.2, -0.15) is 0 Å². The largest absolute Gasteiger partial charge is 0.497 e. The van der Waals surface area contributed by atoms with Gasteiger partial charge in [0.25, 0.3) is 0 Å². The van der Waals surface area contributed by atoms with Crippen LogP contribution in [0.15, 0.2) is 41.6 Å². The van der Waals surface area contributed by atoms with Crippen LogP contribution in [0.2, 0.25) is 0 Å². The molecule has 0 spiro atoms. The molecule has 0 aliphatic carbocycles. The number of rotatable bonds is 4. The molecule has 1 fully saturated rings. The minimum atomic E-state index is -0.544. The van der Waals surface area contributed by atoms with Gasteiger partial charge in [0, 0.05) is 23.6 Å². The summed E-state index contributed by atoms with van der Waals surface area (Å²) in [7, 11) is 1.55. The van der Waals surface area contributed by atoms with Crippen LogP contribution in [-0.2, 0) is 9.59 Å². The van der Waals surface area contributed by atoms with Gasteiger partial charge in [0.1, 0.15) is 11.0 Å². The average molecular weight is 407 g/mol. The number of methoxy groups -OCH3 is 1. The first-order valence-electron chi connectivity index (χ1n) is 9.30. The van der Waals surface area contributed by atoms with E-state index in [1.165, 1.54) is 22.2 Å². The number of benzene rings is 2. The lowest BCUT2D eigenvalue weighted by Crippen LogP contribution is -2.31. The van der Waals surface area contributed by atoms with Crippen LogP contribution in [0.4, 0.5) is 5.69 Å². The van der Waals surface area contributed by atoms with Crippen molar-refractivity contribution in [2.24, 2.45) is 0 Å². The second-order valence-electron chi connectivity index (χ2n) is 7.12. The van der Waals surface area contributed by atoms with Crippen molar-refractivity contribution in [1.82, 2.24) is 9.97 Å². The molecule has 1 saturated heterocycles. The molecule has 1 aromatic heterocycles. The molecule has 4 rings (SSSR count). The van der Waals surface area contributed by atoms with Gasteiger partial charge in [-0.1, -0.05) is 17.8 Å². The number of nitrogens with zero attached hydrogens (tertiary/aromatic N) is 3. The number of ether oxygens (including phenoxy) is 1. The van der Waals surface area contributed by atoms with Crippen molar-refractivity contribution in [3.05, 3.63) is 53.2 Å².